The molecule has 4 nitrogen and oxygen atoms in total. The topological polar surface area (TPSA) is 50.1 Å². The van der Waals surface area contributed by atoms with Crippen LogP contribution in [0, 0.1) is 13.8 Å². The van der Waals surface area contributed by atoms with Crippen molar-refractivity contribution in [1.82, 2.24) is 9.78 Å². The number of benzene rings is 2. The number of rotatable bonds is 1. The van der Waals surface area contributed by atoms with Gasteiger partial charge in [-0.25, -0.2) is 4.68 Å². The van der Waals surface area contributed by atoms with Gasteiger partial charge in [0.2, 0.25) is 0 Å². The SMILES string of the molecule is Cc1cc2n(n1)[C@@H](c1cc(Br)ccc1O)Nc1c(C)cccc1-2. The molecule has 1 aliphatic heterocycles. The number of phenolic OH excluding ortho intramolecular Hbond substituents is 1. The van der Waals surface area contributed by atoms with Crippen molar-refractivity contribution < 1.29 is 5.11 Å². The summed E-state index contributed by atoms with van der Waals surface area (Å²) in [5.41, 5.74) is 6.20. The summed E-state index contributed by atoms with van der Waals surface area (Å²) in [5, 5.41) is 18.5. The number of phenols is 1. The van der Waals surface area contributed by atoms with Crippen LogP contribution >= 0.6 is 15.9 Å². The lowest BCUT2D eigenvalue weighted by Crippen LogP contribution is -2.26. The van der Waals surface area contributed by atoms with Gasteiger partial charge in [-0.1, -0.05) is 34.1 Å². The third-order valence-electron chi connectivity index (χ3n) is 4.22. The minimum absolute atomic E-state index is 0.246. The van der Waals surface area contributed by atoms with Gasteiger partial charge in [-0.2, -0.15) is 5.10 Å². The fraction of sp³-hybridized carbons (Fsp3) is 0.167. The second-order valence-corrected chi connectivity index (χ2v) is 6.78. The van der Waals surface area contributed by atoms with Crippen molar-refractivity contribution in [3.63, 3.8) is 0 Å². The van der Waals surface area contributed by atoms with E-state index in [4.69, 9.17) is 0 Å². The Bertz CT molecular complexity index is 917. The number of hydrogen-bond acceptors (Lipinski definition) is 3. The molecule has 4 rings (SSSR count). The third-order valence-corrected chi connectivity index (χ3v) is 4.71. The van der Waals surface area contributed by atoms with Crippen LogP contribution in [0.4, 0.5) is 5.69 Å². The fourth-order valence-electron chi connectivity index (χ4n) is 3.14. The Morgan fingerprint density at radius 2 is 2.00 bits per heavy atom. The second kappa shape index (κ2) is 5.13. The molecule has 23 heavy (non-hydrogen) atoms. The van der Waals surface area contributed by atoms with Crippen molar-refractivity contribution in [3.8, 4) is 17.0 Å². The molecule has 0 bridgehead atoms. The number of nitrogens with one attached hydrogen (secondary N) is 1. The molecule has 0 fully saturated rings. The third kappa shape index (κ3) is 2.23. The predicted molar refractivity (Wildman–Crippen MR) is 94.7 cm³/mol. The minimum atomic E-state index is -0.246. The number of aryl methyl sites for hydroxylation is 2. The number of aromatic nitrogens is 2. The Morgan fingerprint density at radius 1 is 1.17 bits per heavy atom. The second-order valence-electron chi connectivity index (χ2n) is 5.86. The zero-order chi connectivity index (χ0) is 16.1. The fourth-order valence-corrected chi connectivity index (χ4v) is 3.52. The molecule has 0 spiro atoms. The molecule has 116 valence electrons. The summed E-state index contributed by atoms with van der Waals surface area (Å²) < 4.78 is 2.87. The summed E-state index contributed by atoms with van der Waals surface area (Å²) in [7, 11) is 0. The van der Waals surface area contributed by atoms with Crippen LogP contribution in [0.15, 0.2) is 46.9 Å². The lowest BCUT2D eigenvalue weighted by Gasteiger charge is -2.30. The number of hydrogen-bond donors (Lipinski definition) is 2. The van der Waals surface area contributed by atoms with Gasteiger partial charge in [0.15, 0.2) is 6.17 Å². The van der Waals surface area contributed by atoms with Crippen LogP contribution in [0.1, 0.15) is 23.0 Å². The molecular formula is C18H16BrN3O. The van der Waals surface area contributed by atoms with E-state index in [1.165, 1.54) is 5.56 Å². The van der Waals surface area contributed by atoms with Gasteiger partial charge in [-0.05, 0) is 43.7 Å². The predicted octanol–water partition coefficient (Wildman–Crippen LogP) is 4.61. The summed E-state index contributed by atoms with van der Waals surface area (Å²) in [4.78, 5) is 0. The molecular weight excluding hydrogens is 354 g/mol. The lowest BCUT2D eigenvalue weighted by atomic mass is 10.0. The van der Waals surface area contributed by atoms with Crippen molar-refractivity contribution in [2.45, 2.75) is 20.0 Å². The normalized spacial score (nSPS) is 15.7. The van der Waals surface area contributed by atoms with Crippen molar-refractivity contribution in [3.05, 3.63) is 63.8 Å². The van der Waals surface area contributed by atoms with Crippen molar-refractivity contribution in [2.75, 3.05) is 5.32 Å². The van der Waals surface area contributed by atoms with E-state index in [2.05, 4.69) is 57.5 Å². The van der Waals surface area contributed by atoms with Crippen LogP contribution in [0.2, 0.25) is 0 Å². The van der Waals surface area contributed by atoms with E-state index in [1.54, 1.807) is 6.07 Å². The zero-order valence-electron chi connectivity index (χ0n) is 12.8. The number of anilines is 1. The molecule has 0 saturated heterocycles. The standard InChI is InChI=1S/C18H16BrN3O/c1-10-4-3-5-13-15-8-11(2)21-22(15)18(20-17(10)13)14-9-12(19)6-7-16(14)23/h3-9,18,20,23H,1-2H3/t18-/m0/s1. The molecule has 0 saturated carbocycles. The molecule has 5 heteroatoms. The van der Waals surface area contributed by atoms with Gasteiger partial charge in [0.25, 0.3) is 0 Å². The maximum absolute atomic E-state index is 10.3. The molecule has 2 aromatic carbocycles. The van der Waals surface area contributed by atoms with Gasteiger partial charge in [0.1, 0.15) is 5.75 Å². The van der Waals surface area contributed by atoms with Crippen LogP contribution in [0.3, 0.4) is 0 Å². The molecule has 1 atom stereocenters. The Morgan fingerprint density at radius 3 is 2.83 bits per heavy atom. The first-order valence-electron chi connectivity index (χ1n) is 7.45. The van der Waals surface area contributed by atoms with Crippen LogP contribution in [-0.4, -0.2) is 14.9 Å². The van der Waals surface area contributed by atoms with Gasteiger partial charge >= 0.3 is 0 Å². The Kier molecular flexibility index (Phi) is 3.20. The Balaban J connectivity index is 1.97. The van der Waals surface area contributed by atoms with Gasteiger partial charge in [-0.3, -0.25) is 0 Å². The van der Waals surface area contributed by atoms with E-state index in [1.807, 2.05) is 23.7 Å². The minimum Gasteiger partial charge on any atom is -0.508 e. The quantitative estimate of drug-likeness (QED) is 0.658. The van der Waals surface area contributed by atoms with E-state index in [0.29, 0.717) is 0 Å². The first-order valence-corrected chi connectivity index (χ1v) is 8.25. The Hall–Kier alpha value is -2.27. The van der Waals surface area contributed by atoms with Crippen molar-refractivity contribution in [1.29, 1.82) is 0 Å². The van der Waals surface area contributed by atoms with Gasteiger partial charge < -0.3 is 10.4 Å². The van der Waals surface area contributed by atoms with E-state index < -0.39 is 0 Å². The van der Waals surface area contributed by atoms with Crippen LogP contribution in [0.5, 0.6) is 5.75 Å². The first kappa shape index (κ1) is 14.3. The van der Waals surface area contributed by atoms with E-state index in [0.717, 1.165) is 32.7 Å². The highest BCUT2D eigenvalue weighted by Crippen LogP contribution is 2.42. The molecule has 1 aromatic heterocycles. The number of fused-ring (bicyclic) bond motifs is 3. The summed E-state index contributed by atoms with van der Waals surface area (Å²) in [6, 6.07) is 13.8. The summed E-state index contributed by atoms with van der Waals surface area (Å²) in [5.74, 6) is 0.252. The molecule has 2 heterocycles. The molecule has 0 aliphatic carbocycles. The highest BCUT2D eigenvalue weighted by molar-refractivity contribution is 9.10. The van der Waals surface area contributed by atoms with Gasteiger partial charge in [0, 0.05) is 21.3 Å². The summed E-state index contributed by atoms with van der Waals surface area (Å²) in [6.45, 7) is 4.07. The number of aromatic hydroxyl groups is 1. The van der Waals surface area contributed by atoms with Crippen LogP contribution < -0.4 is 5.32 Å². The smallest absolute Gasteiger partial charge is 0.150 e. The molecule has 0 unspecified atom stereocenters. The van der Waals surface area contributed by atoms with Crippen molar-refractivity contribution >= 4 is 21.6 Å². The highest BCUT2D eigenvalue weighted by atomic mass is 79.9. The molecule has 0 radical (unpaired) electrons. The number of nitrogens with zero attached hydrogens (tertiary/aromatic N) is 2. The van der Waals surface area contributed by atoms with E-state index in [-0.39, 0.29) is 11.9 Å². The zero-order valence-corrected chi connectivity index (χ0v) is 14.4. The molecule has 2 N–H and O–H groups in total. The maximum Gasteiger partial charge on any atom is 0.150 e. The monoisotopic (exact) mass is 369 g/mol. The lowest BCUT2D eigenvalue weighted by molar-refractivity contribution is 0.452. The van der Waals surface area contributed by atoms with Crippen molar-refractivity contribution in [2.24, 2.45) is 0 Å². The van der Waals surface area contributed by atoms with Gasteiger partial charge in [0.05, 0.1) is 11.4 Å². The van der Waals surface area contributed by atoms with E-state index >= 15 is 0 Å². The molecule has 0 amide bonds. The average molecular weight is 370 g/mol. The largest absolute Gasteiger partial charge is 0.508 e. The molecule has 3 aromatic rings. The maximum atomic E-state index is 10.3. The van der Waals surface area contributed by atoms with E-state index in [9.17, 15) is 5.11 Å². The van der Waals surface area contributed by atoms with Gasteiger partial charge in [-0.15, -0.1) is 0 Å². The number of para-hydroxylation sites is 1. The molecule has 1 aliphatic rings. The van der Waals surface area contributed by atoms with Crippen LogP contribution in [0.25, 0.3) is 11.3 Å². The summed E-state index contributed by atoms with van der Waals surface area (Å²) in [6.07, 6.45) is -0.246. The average Bonchev–Trinajstić information content (AvgIpc) is 2.91. The van der Waals surface area contributed by atoms with Crippen LogP contribution in [-0.2, 0) is 0 Å². The first-order chi connectivity index (χ1) is 11.0. The Labute approximate surface area is 142 Å². The number of halogens is 1. The highest BCUT2D eigenvalue weighted by Gasteiger charge is 2.28. The summed E-state index contributed by atoms with van der Waals surface area (Å²) >= 11 is 3.49.